The molecule has 0 bridgehead atoms. The normalized spacial score (nSPS) is 12.4. The van der Waals surface area contributed by atoms with Crippen LogP contribution in [0.25, 0.3) is 33.2 Å². The lowest BCUT2D eigenvalue weighted by molar-refractivity contribution is 0.586. The average Bonchev–Trinajstić information content (AvgIpc) is 3.41. The topological polar surface area (TPSA) is 78.1 Å². The molecular weight excluding hydrogens is 746 g/mol. The highest BCUT2D eigenvalue weighted by Gasteiger charge is 2.34. The molecule has 0 aliphatic carbocycles. The Morgan fingerprint density at radius 1 is 0.447 bits per heavy atom. The second-order valence-corrected chi connectivity index (χ2v) is 14.3. The minimum atomic E-state index is -4.10. The molecule has 4 aromatic carbocycles. The van der Waals surface area contributed by atoms with Gasteiger partial charge in [-0.25, -0.2) is 24.8 Å². The fourth-order valence-electron chi connectivity index (χ4n) is 4.64. The van der Waals surface area contributed by atoms with E-state index in [1.165, 1.54) is 7.94 Å². The number of hydrogen-bond acceptors (Lipinski definition) is 4. The number of aromatic nitrogens is 2. The van der Waals surface area contributed by atoms with Crippen molar-refractivity contribution in [1.82, 2.24) is 7.94 Å². The lowest BCUT2D eigenvalue weighted by Crippen LogP contribution is -2.19. The summed E-state index contributed by atoms with van der Waals surface area (Å²) in [5.41, 5.74) is 1.55. The Balaban J connectivity index is 1.82. The lowest BCUT2D eigenvalue weighted by Gasteiger charge is -2.16. The van der Waals surface area contributed by atoms with E-state index >= 15 is 0 Å². The van der Waals surface area contributed by atoms with Crippen LogP contribution in [0, 0.1) is 7.14 Å². The van der Waals surface area contributed by atoms with Crippen LogP contribution < -0.4 is 0 Å². The average molecular weight is 764 g/mol. The number of benzene rings is 4. The van der Waals surface area contributed by atoms with Crippen LogP contribution in [-0.4, -0.2) is 24.8 Å². The van der Waals surface area contributed by atoms with Gasteiger partial charge in [0.05, 0.1) is 32.2 Å². The molecule has 2 heterocycles. The fourth-order valence-corrected chi connectivity index (χ4v) is 9.97. The van der Waals surface area contributed by atoms with Crippen LogP contribution >= 0.6 is 45.2 Å². The molecule has 0 aliphatic heterocycles. The van der Waals surface area contributed by atoms with E-state index in [0.717, 1.165) is 0 Å². The number of hydrogen-bond donors (Lipinski definition) is 0. The van der Waals surface area contributed by atoms with E-state index in [-0.39, 0.29) is 9.79 Å². The van der Waals surface area contributed by atoms with E-state index < -0.39 is 20.0 Å². The maximum atomic E-state index is 14.2. The summed E-state index contributed by atoms with van der Waals surface area (Å²) in [7, 11) is -8.21. The lowest BCUT2D eigenvalue weighted by atomic mass is 10.2. The highest BCUT2D eigenvalue weighted by atomic mass is 127. The Labute approximate surface area is 247 Å². The summed E-state index contributed by atoms with van der Waals surface area (Å²) in [5.74, 6) is 0. The van der Waals surface area contributed by atoms with Gasteiger partial charge in [0.2, 0.25) is 0 Å². The van der Waals surface area contributed by atoms with E-state index in [9.17, 15) is 16.8 Å². The zero-order valence-corrected chi connectivity index (χ0v) is 25.4. The van der Waals surface area contributed by atoms with Gasteiger partial charge < -0.3 is 0 Å². The third-order valence-corrected chi connectivity index (χ3v) is 12.0. The second kappa shape index (κ2) is 9.50. The third kappa shape index (κ3) is 3.83. The largest absolute Gasteiger partial charge is 0.268 e. The first-order valence-electron chi connectivity index (χ1n) is 11.4. The molecule has 0 radical (unpaired) electrons. The van der Waals surface area contributed by atoms with Gasteiger partial charge in [-0.1, -0.05) is 72.8 Å². The smallest absolute Gasteiger partial charge is 0.231 e. The van der Waals surface area contributed by atoms with E-state index in [2.05, 4.69) is 45.2 Å². The summed E-state index contributed by atoms with van der Waals surface area (Å²) in [6.07, 6.45) is 0. The van der Waals surface area contributed by atoms with Gasteiger partial charge in [0, 0.05) is 17.9 Å². The first kappa shape index (κ1) is 25.6. The van der Waals surface area contributed by atoms with Crippen molar-refractivity contribution in [3.8, 4) is 11.4 Å². The van der Waals surface area contributed by atoms with Gasteiger partial charge in [-0.2, -0.15) is 0 Å². The van der Waals surface area contributed by atoms with Gasteiger partial charge in [-0.05, 0) is 81.6 Å². The van der Waals surface area contributed by atoms with Gasteiger partial charge in [-0.3, -0.25) is 0 Å². The van der Waals surface area contributed by atoms with Crippen molar-refractivity contribution in [3.63, 3.8) is 0 Å². The molecule has 0 saturated carbocycles. The summed E-state index contributed by atoms with van der Waals surface area (Å²) in [6, 6.07) is 30.8. The number of para-hydroxylation sites is 2. The number of rotatable bonds is 5. The summed E-state index contributed by atoms with van der Waals surface area (Å²) >= 11 is 4.25. The summed E-state index contributed by atoms with van der Waals surface area (Å²) in [5, 5.41) is 1.43. The van der Waals surface area contributed by atoms with Gasteiger partial charge in [-0.15, -0.1) is 0 Å². The highest BCUT2D eigenvalue weighted by Crippen LogP contribution is 2.44. The number of fused-ring (bicyclic) bond motifs is 2. The van der Waals surface area contributed by atoms with E-state index in [0.29, 0.717) is 40.3 Å². The second-order valence-electron chi connectivity index (χ2n) is 8.52. The van der Waals surface area contributed by atoms with E-state index in [1.54, 1.807) is 84.9 Å². The molecular formula is C28H18I2N2O4S2. The molecule has 38 heavy (non-hydrogen) atoms. The first-order chi connectivity index (χ1) is 18.2. The summed E-state index contributed by atoms with van der Waals surface area (Å²) in [6.45, 7) is 0. The molecule has 0 saturated heterocycles. The molecule has 6 aromatic rings. The van der Waals surface area contributed by atoms with Crippen LogP contribution in [0.5, 0.6) is 0 Å². The molecule has 0 fully saturated rings. The maximum Gasteiger partial charge on any atom is 0.268 e. The fraction of sp³-hybridized carbons (Fsp3) is 0. The van der Waals surface area contributed by atoms with Crippen molar-refractivity contribution in [2.45, 2.75) is 9.79 Å². The highest BCUT2D eigenvalue weighted by molar-refractivity contribution is 14.1. The molecule has 0 unspecified atom stereocenters. The van der Waals surface area contributed by atoms with Gasteiger partial charge in [0.1, 0.15) is 0 Å². The standard InChI is InChI=1S/C28H18I2N2O4S2/c29-25-21-15-7-9-17-23(21)31(37(33,34)19-11-3-1-4-12-19)27(25)28-26(30)22-16-8-10-18-24(22)32(28)38(35,36)20-13-5-2-6-14-20/h1-18H. The molecule has 2 aromatic heterocycles. The van der Waals surface area contributed by atoms with E-state index in [1.807, 2.05) is 24.3 Å². The first-order valence-corrected chi connectivity index (χ1v) is 16.5. The van der Waals surface area contributed by atoms with Crippen LogP contribution in [0.4, 0.5) is 0 Å². The Morgan fingerprint density at radius 3 is 1.13 bits per heavy atom. The Kier molecular flexibility index (Phi) is 6.40. The van der Waals surface area contributed by atoms with E-state index in [4.69, 9.17) is 0 Å². The number of halogens is 2. The molecule has 6 nitrogen and oxygen atoms in total. The van der Waals surface area contributed by atoms with Crippen LogP contribution in [-0.2, 0) is 20.0 Å². The SMILES string of the molecule is O=S(=O)(c1ccccc1)n1c(-c2c(I)c3ccccc3n2S(=O)(=O)c2ccccc2)c(I)c2ccccc21. The van der Waals surface area contributed by atoms with Gasteiger partial charge >= 0.3 is 0 Å². The van der Waals surface area contributed by atoms with Crippen molar-refractivity contribution in [1.29, 1.82) is 0 Å². The zero-order chi connectivity index (χ0) is 26.7. The minimum absolute atomic E-state index is 0.113. The van der Waals surface area contributed by atoms with Crippen molar-refractivity contribution in [2.24, 2.45) is 0 Å². The van der Waals surface area contributed by atoms with Crippen LogP contribution in [0.15, 0.2) is 119 Å². The number of nitrogens with zero attached hydrogens (tertiary/aromatic N) is 2. The molecule has 6 rings (SSSR count). The molecule has 10 heteroatoms. The predicted molar refractivity (Wildman–Crippen MR) is 166 cm³/mol. The van der Waals surface area contributed by atoms with Crippen molar-refractivity contribution >= 4 is 87.0 Å². The maximum absolute atomic E-state index is 14.2. The molecule has 190 valence electrons. The molecule has 0 N–H and O–H groups in total. The summed E-state index contributed by atoms with van der Waals surface area (Å²) < 4.78 is 60.7. The van der Waals surface area contributed by atoms with Crippen molar-refractivity contribution < 1.29 is 16.8 Å². The Morgan fingerprint density at radius 2 is 0.763 bits per heavy atom. The third-order valence-electron chi connectivity index (χ3n) is 6.33. The van der Waals surface area contributed by atoms with Gasteiger partial charge in [0.15, 0.2) is 0 Å². The van der Waals surface area contributed by atoms with Crippen LogP contribution in [0.2, 0.25) is 0 Å². The molecule has 0 atom stereocenters. The van der Waals surface area contributed by atoms with Crippen molar-refractivity contribution in [2.75, 3.05) is 0 Å². The minimum Gasteiger partial charge on any atom is -0.231 e. The van der Waals surface area contributed by atoms with Gasteiger partial charge in [0.25, 0.3) is 20.0 Å². The Bertz CT molecular complexity index is 1920. The predicted octanol–water partition coefficient (Wildman–Crippen LogP) is 6.95. The molecule has 0 aliphatic rings. The molecule has 0 amide bonds. The van der Waals surface area contributed by atoms with Crippen LogP contribution in [0.3, 0.4) is 0 Å². The zero-order valence-electron chi connectivity index (χ0n) is 19.5. The monoisotopic (exact) mass is 764 g/mol. The quantitative estimate of drug-likeness (QED) is 0.178. The Hall–Kier alpha value is -2.68. The van der Waals surface area contributed by atoms with Crippen molar-refractivity contribution in [3.05, 3.63) is 116 Å². The van der Waals surface area contributed by atoms with Crippen LogP contribution in [0.1, 0.15) is 0 Å². The summed E-state index contributed by atoms with van der Waals surface area (Å²) in [4.78, 5) is 0.226. The molecule has 0 spiro atoms.